The number of hydrogen-bond acceptors (Lipinski definition) is 4. The number of carbonyl (C=O) groups excluding carboxylic acids is 1. The lowest BCUT2D eigenvalue weighted by atomic mass is 10.0. The zero-order valence-corrected chi connectivity index (χ0v) is 13.9. The number of nitrogens with zero attached hydrogens (tertiary/aromatic N) is 3. The average molecular weight is 336 g/mol. The minimum absolute atomic E-state index is 0.282. The van der Waals surface area contributed by atoms with E-state index in [-0.39, 0.29) is 17.8 Å². The molecule has 0 spiro atoms. The molecule has 5 nitrogen and oxygen atoms in total. The highest BCUT2D eigenvalue weighted by Gasteiger charge is 2.14. The Hall–Kier alpha value is -3.15. The van der Waals surface area contributed by atoms with Gasteiger partial charge in [-0.25, -0.2) is 14.4 Å². The van der Waals surface area contributed by atoms with Gasteiger partial charge in [-0.05, 0) is 37.6 Å². The minimum atomic E-state index is -0.339. The minimum Gasteiger partial charge on any atom is -0.344 e. The number of aromatic nitrogens is 3. The maximum Gasteiger partial charge on any atom is 0.253 e. The summed E-state index contributed by atoms with van der Waals surface area (Å²) >= 11 is 0. The topological polar surface area (TPSA) is 67.8 Å². The number of hydrogen-bond donors (Lipinski definition) is 1. The van der Waals surface area contributed by atoms with Crippen molar-refractivity contribution in [1.29, 1.82) is 0 Å². The van der Waals surface area contributed by atoms with Crippen molar-refractivity contribution in [2.75, 3.05) is 0 Å². The highest BCUT2D eigenvalue weighted by atomic mass is 19.1. The van der Waals surface area contributed by atoms with Crippen molar-refractivity contribution in [3.05, 3.63) is 77.9 Å². The molecule has 1 aromatic carbocycles. The molecule has 0 aliphatic heterocycles. The van der Waals surface area contributed by atoms with Crippen LogP contribution in [0.4, 0.5) is 4.39 Å². The highest BCUT2D eigenvalue weighted by Crippen LogP contribution is 2.24. The van der Waals surface area contributed by atoms with Crippen LogP contribution in [-0.2, 0) is 0 Å². The summed E-state index contributed by atoms with van der Waals surface area (Å²) in [5.41, 5.74) is 2.87. The second-order valence-corrected chi connectivity index (χ2v) is 5.77. The van der Waals surface area contributed by atoms with Gasteiger partial charge in [-0.3, -0.25) is 9.78 Å². The van der Waals surface area contributed by atoms with Crippen LogP contribution in [-0.4, -0.2) is 20.9 Å². The Labute approximate surface area is 145 Å². The van der Waals surface area contributed by atoms with E-state index < -0.39 is 0 Å². The maximum absolute atomic E-state index is 14.2. The molecule has 25 heavy (non-hydrogen) atoms. The van der Waals surface area contributed by atoms with Gasteiger partial charge in [-0.1, -0.05) is 12.1 Å². The zero-order chi connectivity index (χ0) is 17.8. The smallest absolute Gasteiger partial charge is 0.253 e. The van der Waals surface area contributed by atoms with Gasteiger partial charge in [0.2, 0.25) is 0 Å². The number of pyridine rings is 1. The van der Waals surface area contributed by atoms with E-state index >= 15 is 0 Å². The fraction of sp³-hybridized carbons (Fsp3) is 0.158. The van der Waals surface area contributed by atoms with Crippen LogP contribution in [0.5, 0.6) is 0 Å². The third-order valence-corrected chi connectivity index (χ3v) is 3.83. The molecule has 2 heterocycles. The van der Waals surface area contributed by atoms with Crippen LogP contribution in [0.3, 0.4) is 0 Å². The van der Waals surface area contributed by atoms with Crippen molar-refractivity contribution in [2.45, 2.75) is 19.9 Å². The van der Waals surface area contributed by atoms with E-state index in [1.807, 2.05) is 19.9 Å². The predicted molar refractivity (Wildman–Crippen MR) is 92.3 cm³/mol. The van der Waals surface area contributed by atoms with Gasteiger partial charge in [0.25, 0.3) is 5.91 Å². The number of aryl methyl sites for hydroxylation is 1. The highest BCUT2D eigenvalue weighted by molar-refractivity contribution is 5.95. The summed E-state index contributed by atoms with van der Waals surface area (Å²) in [5.74, 6) is -0.637. The molecule has 0 bridgehead atoms. The van der Waals surface area contributed by atoms with Crippen LogP contribution in [0.15, 0.2) is 55.2 Å². The monoisotopic (exact) mass is 336 g/mol. The number of amides is 1. The van der Waals surface area contributed by atoms with Crippen LogP contribution < -0.4 is 5.32 Å². The van der Waals surface area contributed by atoms with Gasteiger partial charge in [0.05, 0.1) is 17.3 Å². The molecule has 0 fully saturated rings. The van der Waals surface area contributed by atoms with Crippen LogP contribution >= 0.6 is 0 Å². The van der Waals surface area contributed by atoms with Crippen LogP contribution in [0.2, 0.25) is 0 Å². The first-order chi connectivity index (χ1) is 12.0. The Morgan fingerprint density at radius 3 is 2.72 bits per heavy atom. The average Bonchev–Trinajstić information content (AvgIpc) is 2.62. The lowest BCUT2D eigenvalue weighted by Gasteiger charge is -2.13. The number of carbonyl (C=O) groups is 1. The van der Waals surface area contributed by atoms with Crippen molar-refractivity contribution in [1.82, 2.24) is 20.3 Å². The Morgan fingerprint density at radius 1 is 1.16 bits per heavy atom. The molecule has 3 aromatic rings. The van der Waals surface area contributed by atoms with Crippen LogP contribution in [0.25, 0.3) is 11.1 Å². The van der Waals surface area contributed by atoms with Crippen LogP contribution in [0, 0.1) is 12.7 Å². The van der Waals surface area contributed by atoms with Crippen molar-refractivity contribution in [3.8, 4) is 11.1 Å². The molecule has 0 radical (unpaired) electrons. The van der Waals surface area contributed by atoms with E-state index in [1.165, 1.54) is 18.6 Å². The van der Waals surface area contributed by atoms with Gasteiger partial charge in [-0.15, -0.1) is 0 Å². The summed E-state index contributed by atoms with van der Waals surface area (Å²) in [7, 11) is 0. The van der Waals surface area contributed by atoms with E-state index in [0.717, 1.165) is 5.56 Å². The third-order valence-electron chi connectivity index (χ3n) is 3.83. The summed E-state index contributed by atoms with van der Waals surface area (Å²) in [6.07, 6.45) is 6.05. The molecule has 0 saturated heterocycles. The van der Waals surface area contributed by atoms with Gasteiger partial charge < -0.3 is 5.32 Å². The van der Waals surface area contributed by atoms with E-state index in [1.54, 1.807) is 30.6 Å². The van der Waals surface area contributed by atoms with Gasteiger partial charge in [0, 0.05) is 29.7 Å². The standard InChI is InChI=1S/C19H17FN4O/c1-12-3-4-16(17(20)7-12)14-8-15(10-22-9-14)19(25)24-13(2)18-5-6-21-11-23-18/h3-11,13H,1-2H3,(H,24,25). The first kappa shape index (κ1) is 16.7. The van der Waals surface area contributed by atoms with E-state index in [2.05, 4.69) is 20.3 Å². The van der Waals surface area contributed by atoms with Crippen molar-refractivity contribution >= 4 is 5.91 Å². The van der Waals surface area contributed by atoms with Crippen LogP contribution in [0.1, 0.15) is 34.6 Å². The fourth-order valence-electron chi connectivity index (χ4n) is 2.48. The summed E-state index contributed by atoms with van der Waals surface area (Å²) in [5, 5.41) is 2.85. The molecular weight excluding hydrogens is 319 g/mol. The van der Waals surface area contributed by atoms with Crippen molar-refractivity contribution in [2.24, 2.45) is 0 Å². The Bertz CT molecular complexity index is 899. The van der Waals surface area contributed by atoms with Gasteiger partial charge in [0.15, 0.2) is 0 Å². The second kappa shape index (κ2) is 7.17. The van der Waals surface area contributed by atoms with E-state index in [9.17, 15) is 9.18 Å². The summed E-state index contributed by atoms with van der Waals surface area (Å²) < 4.78 is 14.2. The summed E-state index contributed by atoms with van der Waals surface area (Å²) in [4.78, 5) is 24.5. The predicted octanol–water partition coefficient (Wildman–Crippen LogP) is 3.48. The van der Waals surface area contributed by atoms with Gasteiger partial charge in [0.1, 0.15) is 12.1 Å². The number of halogens is 1. The normalized spacial score (nSPS) is 11.8. The Balaban J connectivity index is 1.82. The van der Waals surface area contributed by atoms with Gasteiger partial charge in [-0.2, -0.15) is 0 Å². The summed E-state index contributed by atoms with van der Waals surface area (Å²) in [6.45, 7) is 3.65. The molecule has 1 N–H and O–H groups in total. The molecule has 3 rings (SSSR count). The first-order valence-corrected chi connectivity index (χ1v) is 7.83. The molecule has 0 aliphatic rings. The molecule has 0 saturated carbocycles. The molecule has 6 heteroatoms. The van der Waals surface area contributed by atoms with Crippen molar-refractivity contribution in [3.63, 3.8) is 0 Å². The first-order valence-electron chi connectivity index (χ1n) is 7.83. The number of benzene rings is 1. The zero-order valence-electron chi connectivity index (χ0n) is 13.9. The molecular formula is C19H17FN4O. The molecule has 1 atom stereocenters. The van der Waals surface area contributed by atoms with Gasteiger partial charge >= 0.3 is 0 Å². The maximum atomic E-state index is 14.2. The molecule has 1 unspecified atom stereocenters. The van der Waals surface area contributed by atoms with E-state index in [4.69, 9.17) is 0 Å². The quantitative estimate of drug-likeness (QED) is 0.792. The molecule has 2 aromatic heterocycles. The molecule has 0 aliphatic carbocycles. The number of rotatable bonds is 4. The number of nitrogens with one attached hydrogen (secondary N) is 1. The molecule has 126 valence electrons. The largest absolute Gasteiger partial charge is 0.344 e. The second-order valence-electron chi connectivity index (χ2n) is 5.77. The fourth-order valence-corrected chi connectivity index (χ4v) is 2.48. The third kappa shape index (κ3) is 3.85. The molecule has 1 amide bonds. The van der Waals surface area contributed by atoms with E-state index in [0.29, 0.717) is 22.4 Å². The summed E-state index contributed by atoms with van der Waals surface area (Å²) in [6, 6.07) is 8.05. The Kier molecular flexibility index (Phi) is 4.79. The lowest BCUT2D eigenvalue weighted by Crippen LogP contribution is -2.27. The lowest BCUT2D eigenvalue weighted by molar-refractivity contribution is 0.0938. The SMILES string of the molecule is Cc1ccc(-c2cncc(C(=O)NC(C)c3ccncn3)c2)c(F)c1. The van der Waals surface area contributed by atoms with Crippen molar-refractivity contribution < 1.29 is 9.18 Å². The Morgan fingerprint density at radius 2 is 2.00 bits per heavy atom.